The Bertz CT molecular complexity index is 479. The average molecular weight is 242 g/mol. The Kier molecular flexibility index (Phi) is 3.34. The highest BCUT2D eigenvalue weighted by atomic mass is 14.9. The van der Waals surface area contributed by atoms with Gasteiger partial charge in [0.1, 0.15) is 0 Å². The Morgan fingerprint density at radius 3 is 2.11 bits per heavy atom. The quantitative estimate of drug-likeness (QED) is 0.868. The number of aryl methyl sites for hydroxylation is 2. The van der Waals surface area contributed by atoms with Crippen LogP contribution >= 0.6 is 0 Å². The molecule has 0 atom stereocenters. The molecule has 0 spiro atoms. The van der Waals surface area contributed by atoms with Crippen LogP contribution < -0.4 is 5.32 Å². The highest BCUT2D eigenvalue weighted by Gasteiger charge is 2.37. The largest absolute Gasteiger partial charge is 0.383 e. The fraction of sp³-hybridized carbons (Fsp3) is 0.562. The number of nitrogens with one attached hydrogen (secondary N) is 1. The third-order valence-electron chi connectivity index (χ3n) is 4.52. The predicted octanol–water partition coefficient (Wildman–Crippen LogP) is 4.03. The lowest BCUT2D eigenvalue weighted by atomic mass is 9.70. The number of anilines is 1. The number of nitriles is 1. The van der Waals surface area contributed by atoms with Gasteiger partial charge in [-0.25, -0.2) is 0 Å². The summed E-state index contributed by atoms with van der Waals surface area (Å²) in [4.78, 5) is 0. The Balaban J connectivity index is 2.22. The second-order valence-electron chi connectivity index (χ2n) is 5.73. The summed E-state index contributed by atoms with van der Waals surface area (Å²) in [7, 11) is 0. The predicted molar refractivity (Wildman–Crippen MR) is 75.8 cm³/mol. The van der Waals surface area contributed by atoms with Gasteiger partial charge in [-0.1, -0.05) is 12.5 Å². The number of hydrogen-bond acceptors (Lipinski definition) is 2. The van der Waals surface area contributed by atoms with E-state index in [9.17, 15) is 5.26 Å². The SMILES string of the molecule is Cc1cc(C)c(C)c(NCC2(C#N)CCC2)c1C. The van der Waals surface area contributed by atoms with Crippen molar-refractivity contribution in [1.82, 2.24) is 0 Å². The van der Waals surface area contributed by atoms with E-state index in [1.165, 1.54) is 34.4 Å². The van der Waals surface area contributed by atoms with E-state index in [1.807, 2.05) is 0 Å². The highest BCUT2D eigenvalue weighted by molar-refractivity contribution is 5.62. The van der Waals surface area contributed by atoms with Crippen LogP contribution in [0.15, 0.2) is 6.07 Å². The molecular formula is C16H22N2. The zero-order valence-corrected chi connectivity index (χ0v) is 11.9. The van der Waals surface area contributed by atoms with E-state index in [-0.39, 0.29) is 5.41 Å². The fourth-order valence-electron chi connectivity index (χ4n) is 2.67. The second-order valence-corrected chi connectivity index (χ2v) is 5.73. The topological polar surface area (TPSA) is 35.8 Å². The van der Waals surface area contributed by atoms with Gasteiger partial charge in [0.2, 0.25) is 0 Å². The van der Waals surface area contributed by atoms with Crippen LogP contribution in [0.4, 0.5) is 5.69 Å². The molecule has 1 aliphatic carbocycles. The molecule has 1 N–H and O–H groups in total. The van der Waals surface area contributed by atoms with Crippen LogP contribution in [0.3, 0.4) is 0 Å². The molecule has 2 heteroatoms. The maximum atomic E-state index is 9.27. The minimum atomic E-state index is -0.115. The molecule has 1 aliphatic rings. The molecule has 0 amide bonds. The summed E-state index contributed by atoms with van der Waals surface area (Å²) < 4.78 is 0. The minimum absolute atomic E-state index is 0.115. The van der Waals surface area contributed by atoms with E-state index < -0.39 is 0 Å². The number of hydrogen-bond donors (Lipinski definition) is 1. The molecule has 0 radical (unpaired) electrons. The third kappa shape index (κ3) is 2.10. The van der Waals surface area contributed by atoms with Gasteiger partial charge in [-0.05, 0) is 62.8 Å². The van der Waals surface area contributed by atoms with Crippen molar-refractivity contribution in [3.8, 4) is 6.07 Å². The zero-order chi connectivity index (χ0) is 13.3. The van der Waals surface area contributed by atoms with Crippen LogP contribution in [0, 0.1) is 44.4 Å². The molecule has 0 unspecified atom stereocenters. The lowest BCUT2D eigenvalue weighted by molar-refractivity contribution is 0.233. The van der Waals surface area contributed by atoms with Gasteiger partial charge in [0.25, 0.3) is 0 Å². The number of benzene rings is 1. The Morgan fingerprint density at radius 1 is 1.17 bits per heavy atom. The van der Waals surface area contributed by atoms with E-state index in [0.717, 1.165) is 19.4 Å². The smallest absolute Gasteiger partial charge is 0.0746 e. The Morgan fingerprint density at radius 2 is 1.72 bits per heavy atom. The van der Waals surface area contributed by atoms with E-state index in [4.69, 9.17) is 0 Å². The molecule has 0 bridgehead atoms. The third-order valence-corrected chi connectivity index (χ3v) is 4.52. The Hall–Kier alpha value is -1.49. The normalized spacial score (nSPS) is 16.8. The maximum absolute atomic E-state index is 9.27. The Labute approximate surface area is 110 Å². The molecule has 1 saturated carbocycles. The maximum Gasteiger partial charge on any atom is 0.0746 e. The fourth-order valence-corrected chi connectivity index (χ4v) is 2.67. The lowest BCUT2D eigenvalue weighted by Gasteiger charge is -2.36. The van der Waals surface area contributed by atoms with Crippen LogP contribution in [-0.4, -0.2) is 6.54 Å². The summed E-state index contributed by atoms with van der Waals surface area (Å²) in [6, 6.07) is 4.73. The van der Waals surface area contributed by atoms with E-state index in [0.29, 0.717) is 0 Å². The molecule has 0 aliphatic heterocycles. The standard InChI is InChI=1S/C16H22N2/c1-11-8-12(2)14(4)15(13(11)3)18-10-16(9-17)6-5-7-16/h8,18H,5-7,10H2,1-4H3. The minimum Gasteiger partial charge on any atom is -0.383 e. The van der Waals surface area contributed by atoms with E-state index in [1.54, 1.807) is 0 Å². The number of nitrogens with zero attached hydrogens (tertiary/aromatic N) is 1. The molecule has 1 aromatic rings. The summed E-state index contributed by atoms with van der Waals surface area (Å²) in [6.07, 6.45) is 3.28. The van der Waals surface area contributed by atoms with Crippen LogP contribution in [0.1, 0.15) is 41.5 Å². The van der Waals surface area contributed by atoms with Gasteiger partial charge in [-0.3, -0.25) is 0 Å². The molecule has 1 fully saturated rings. The van der Waals surface area contributed by atoms with Crippen molar-refractivity contribution >= 4 is 5.69 Å². The summed E-state index contributed by atoms with van der Waals surface area (Å²) in [5.41, 5.74) is 6.38. The van der Waals surface area contributed by atoms with Crippen LogP contribution in [-0.2, 0) is 0 Å². The second kappa shape index (κ2) is 4.65. The van der Waals surface area contributed by atoms with Crippen molar-refractivity contribution in [1.29, 1.82) is 5.26 Å². The molecule has 96 valence electrons. The van der Waals surface area contributed by atoms with Crippen molar-refractivity contribution in [2.24, 2.45) is 5.41 Å². The molecule has 18 heavy (non-hydrogen) atoms. The summed E-state index contributed by atoms with van der Waals surface area (Å²) in [5, 5.41) is 12.8. The van der Waals surface area contributed by atoms with E-state index >= 15 is 0 Å². The van der Waals surface area contributed by atoms with Crippen molar-refractivity contribution in [3.63, 3.8) is 0 Å². The molecule has 1 aromatic carbocycles. The highest BCUT2D eigenvalue weighted by Crippen LogP contribution is 2.40. The molecule has 2 rings (SSSR count). The van der Waals surface area contributed by atoms with Gasteiger partial charge in [0.05, 0.1) is 11.5 Å². The van der Waals surface area contributed by atoms with Crippen LogP contribution in [0.25, 0.3) is 0 Å². The molecule has 0 heterocycles. The first-order valence-corrected chi connectivity index (χ1v) is 6.72. The van der Waals surface area contributed by atoms with Crippen molar-refractivity contribution in [2.75, 3.05) is 11.9 Å². The lowest BCUT2D eigenvalue weighted by Crippen LogP contribution is -2.35. The molecule has 0 saturated heterocycles. The van der Waals surface area contributed by atoms with Gasteiger partial charge in [0.15, 0.2) is 0 Å². The molecular weight excluding hydrogens is 220 g/mol. The first-order valence-electron chi connectivity index (χ1n) is 6.72. The van der Waals surface area contributed by atoms with Crippen molar-refractivity contribution in [2.45, 2.75) is 47.0 Å². The van der Waals surface area contributed by atoms with Crippen LogP contribution in [0.2, 0.25) is 0 Å². The summed E-state index contributed by atoms with van der Waals surface area (Å²) in [6.45, 7) is 9.40. The number of rotatable bonds is 3. The first-order chi connectivity index (χ1) is 8.49. The van der Waals surface area contributed by atoms with E-state index in [2.05, 4.69) is 45.1 Å². The summed E-state index contributed by atoms with van der Waals surface area (Å²) >= 11 is 0. The summed E-state index contributed by atoms with van der Waals surface area (Å²) in [5.74, 6) is 0. The molecule has 2 nitrogen and oxygen atoms in total. The average Bonchev–Trinajstić information content (AvgIpc) is 2.29. The van der Waals surface area contributed by atoms with Crippen LogP contribution in [0.5, 0.6) is 0 Å². The van der Waals surface area contributed by atoms with Gasteiger partial charge in [-0.2, -0.15) is 5.26 Å². The first kappa shape index (κ1) is 13.0. The monoisotopic (exact) mass is 242 g/mol. The van der Waals surface area contributed by atoms with Gasteiger partial charge in [0, 0.05) is 12.2 Å². The molecule has 0 aromatic heterocycles. The van der Waals surface area contributed by atoms with Gasteiger partial charge < -0.3 is 5.32 Å². The van der Waals surface area contributed by atoms with Crippen molar-refractivity contribution in [3.05, 3.63) is 28.3 Å². The van der Waals surface area contributed by atoms with Gasteiger partial charge >= 0.3 is 0 Å². The van der Waals surface area contributed by atoms with Crippen molar-refractivity contribution < 1.29 is 0 Å². The van der Waals surface area contributed by atoms with Gasteiger partial charge in [-0.15, -0.1) is 0 Å². The zero-order valence-electron chi connectivity index (χ0n) is 11.9.